The largest absolute Gasteiger partial charge is 1.00 e. The third kappa shape index (κ3) is 50.5. The van der Waals surface area contributed by atoms with E-state index in [1.807, 2.05) is 0 Å². The van der Waals surface area contributed by atoms with Crippen LogP contribution in [-0.2, 0) is 20.6 Å². The summed E-state index contributed by atoms with van der Waals surface area (Å²) in [6.07, 6.45) is 53.6. The fourth-order valence-electron chi connectivity index (χ4n) is 14.2. The van der Waals surface area contributed by atoms with E-state index in [2.05, 4.69) is 207 Å². The number of hydrogen-bond acceptors (Lipinski definition) is 11. The Balaban J connectivity index is -0.00000109. The molecule has 0 aromatic carbocycles. The molecule has 0 radical (unpaired) electrons. The number of nitrogens with two attached hydrogens (primary N) is 2. The Kier molecular flexibility index (Phi) is 54.8. The van der Waals surface area contributed by atoms with E-state index in [9.17, 15) is 4.80 Å². The van der Waals surface area contributed by atoms with Gasteiger partial charge in [-0.1, -0.05) is 193 Å². The van der Waals surface area contributed by atoms with Crippen LogP contribution in [0.5, 0.6) is 0 Å². The van der Waals surface area contributed by atoms with Gasteiger partial charge in [0.25, 0.3) is 0 Å². The van der Waals surface area contributed by atoms with Crippen molar-refractivity contribution in [3.63, 3.8) is 0 Å². The topological polar surface area (TPSA) is 121 Å². The van der Waals surface area contributed by atoms with Crippen LogP contribution in [0.15, 0.2) is 60.8 Å². The van der Waals surface area contributed by atoms with Crippen molar-refractivity contribution in [3.05, 3.63) is 60.8 Å². The molecule has 24 heteroatoms. The van der Waals surface area contributed by atoms with Crippen LogP contribution in [-0.4, -0.2) is 92.2 Å². The zero-order valence-electron chi connectivity index (χ0n) is 67.9. The molecule has 7 rings (SSSR count). The molecule has 14 unspecified atom stereocenters. The first kappa shape index (κ1) is 96.4. The second kappa shape index (κ2) is 54.0. The molecule has 1 saturated heterocycles. The van der Waals surface area contributed by atoms with Crippen LogP contribution < -0.4 is 34.7 Å². The molecular weight excluding hydrogens is 1430 g/mol. The van der Waals surface area contributed by atoms with Gasteiger partial charge < -0.3 is 36.4 Å². The first-order chi connectivity index (χ1) is 44.6. The SMILES string of the molecule is C.C1=CCCCCCC1.CCC(C)[Si](C)(C)O[Si](C)(C)CCC1CC2C=CC1C2.CCC(C)[Si](C)(C)O[Si](C)(C)[O-].C[Si](C)(Cl)CCC1CC2C=CC1C2.C[Si]1(C)O[Si](C)(C)O[Si](C)(C)O1.[2H]P(CS)C1CC(/C=C/CCCCCCC)CC1/C=C/C.[2H]SCPN.[2H]SCPN.[Li+]. The van der Waals surface area contributed by atoms with Gasteiger partial charge >= 0.3 is 44.5 Å². The summed E-state index contributed by atoms with van der Waals surface area (Å²) < 4.78 is 51.2. The Hall–Kier alpha value is 3.34. The standard InChI is InChI=1S/C18H33PS.C17H34OSi2.C11H19ClSi.C8H21O2Si2.C8H14.C6H18O3Si3.2CH6NPS.CH4.Li/c1-3-5-6-7-8-9-10-12-16-13-17(11-4-2)18(14-16)19-15-20;1-7-14(2)20(5,6)18-19(3,4)11-10-17-13-15-8-9-16(17)12-15;1-13(2,12)6-5-11-8-9-3-4-10(11)7-9;1-7-8(2)11(3,4)10-12(5,6)9;1-2-4-6-8-7-5-3-1;1-10(2)7-11(3,4)9-12(5,6)8-10;2*2-3-1-4;;/h4,10-12,16-20H,3,5-9,13-15H2,1-2H3;8-9,14-17H,7,10-13H2,1-6H3;3-4,9-11H,5-8H2,1-2H3;8H,7H2,1-6H3;1-2H,3-8H2;1-6H3;2*3-4H,1-2H2;1H4;/q;;;-1;;;;;;+1/b11-4+,12-10+;;;;;;;;;/i19D;;;;;;;;;/hD2. The monoisotopic (exact) mass is 1590 g/mol. The Morgan fingerprint density at radius 1 is 0.653 bits per heavy atom. The molecular formula is C71H155ClLiN2O6P3S3Si8. The van der Waals surface area contributed by atoms with Crippen LogP contribution >= 0.6 is 74.8 Å². The third-order valence-corrected chi connectivity index (χ3v) is 51.6. The minimum atomic E-state index is -2.56. The van der Waals surface area contributed by atoms with E-state index in [1.165, 1.54) is 147 Å². The van der Waals surface area contributed by atoms with E-state index in [4.69, 9.17) is 46.2 Å². The van der Waals surface area contributed by atoms with Crippen molar-refractivity contribution in [3.8, 4) is 0 Å². The van der Waals surface area contributed by atoms with Gasteiger partial charge in [0, 0.05) is 16.5 Å². The number of unbranched alkanes of at least 4 members (excludes halogenated alkanes) is 5. The van der Waals surface area contributed by atoms with Crippen molar-refractivity contribution in [2.75, 3.05) is 16.5 Å². The van der Waals surface area contributed by atoms with Crippen LogP contribution in [0, 0.1) is 47.3 Å². The summed E-state index contributed by atoms with van der Waals surface area (Å²) in [6.45, 7) is 48.0. The molecule has 1 heterocycles. The molecule has 3 saturated carbocycles. The van der Waals surface area contributed by atoms with E-state index in [0.717, 1.165) is 89.0 Å². The van der Waals surface area contributed by atoms with Gasteiger partial charge in [0.15, 0.2) is 32.3 Å². The Morgan fingerprint density at radius 2 is 1.11 bits per heavy atom. The molecule has 1 aliphatic heterocycles. The Bertz CT molecular complexity index is 2110. The normalized spacial score (nSPS) is 26.9. The summed E-state index contributed by atoms with van der Waals surface area (Å²) in [6, 6.07) is 2.66. The van der Waals surface area contributed by atoms with Gasteiger partial charge in [0.2, 0.25) is 0 Å². The van der Waals surface area contributed by atoms with Crippen molar-refractivity contribution in [2.45, 2.75) is 324 Å². The maximum atomic E-state index is 11.5. The number of rotatable bonds is 28. The van der Waals surface area contributed by atoms with E-state index in [0.29, 0.717) is 40.5 Å². The molecule has 4 fully saturated rings. The molecule has 95 heavy (non-hydrogen) atoms. The molecule has 0 aromatic rings. The van der Waals surface area contributed by atoms with Gasteiger partial charge in [0.05, 0.1) is 9.84 Å². The van der Waals surface area contributed by atoms with Crippen molar-refractivity contribution in [2.24, 2.45) is 58.4 Å². The smallest absolute Gasteiger partial charge is 0.839 e. The summed E-state index contributed by atoms with van der Waals surface area (Å²) >= 11 is 12.8. The zero-order chi connectivity index (χ0) is 73.5. The minimum Gasteiger partial charge on any atom is -0.839 e. The number of fused-ring (bicyclic) bond motifs is 4. The molecule has 0 spiro atoms. The predicted molar refractivity (Wildman–Crippen MR) is 463 cm³/mol. The fraction of sp³-hybridized carbons (Fsp3) is 0.859. The van der Waals surface area contributed by atoms with Gasteiger partial charge in [-0.15, -0.1) is 8.53 Å². The first-order valence-corrected chi connectivity index (χ1v) is 66.8. The molecule has 4 bridgehead atoms. The van der Waals surface area contributed by atoms with Crippen LogP contribution in [0.25, 0.3) is 0 Å². The fourth-order valence-corrected chi connectivity index (χ4v) is 49.0. The molecule has 0 amide bonds. The zero-order valence-corrected chi connectivity index (χ0v) is 79.1. The predicted octanol–water partition coefficient (Wildman–Crippen LogP) is 21.9. The molecule has 6 aliphatic carbocycles. The van der Waals surface area contributed by atoms with E-state index in [1.54, 1.807) is 13.1 Å². The van der Waals surface area contributed by atoms with Gasteiger partial charge in [-0.3, -0.25) is 0 Å². The summed E-state index contributed by atoms with van der Waals surface area (Å²) in [5.74, 6) is 6.92. The summed E-state index contributed by atoms with van der Waals surface area (Å²) in [4.78, 5) is 11.5. The van der Waals surface area contributed by atoms with Crippen LogP contribution in [0.4, 0.5) is 0 Å². The van der Waals surface area contributed by atoms with Crippen molar-refractivity contribution in [1.29, 1.82) is 3.53 Å². The number of hydrogen-bond donors (Lipinski definition) is 5. The first-order valence-electron chi connectivity index (χ1n) is 38.0. The average Bonchev–Trinajstić information content (AvgIpc) is 1.08. The Morgan fingerprint density at radius 3 is 1.46 bits per heavy atom. The van der Waals surface area contributed by atoms with Gasteiger partial charge in [-0.2, -0.15) is 48.8 Å². The van der Waals surface area contributed by atoms with Crippen molar-refractivity contribution in [1.82, 2.24) is 0 Å². The second-order valence-corrected chi connectivity index (χ2v) is 71.7. The van der Waals surface area contributed by atoms with Crippen LogP contribution in [0.1, 0.15) is 190 Å². The molecule has 558 valence electrons. The minimum absolute atomic E-state index is 0. The summed E-state index contributed by atoms with van der Waals surface area (Å²) in [7, 11) is -13.9. The maximum absolute atomic E-state index is 11.5. The van der Waals surface area contributed by atoms with Crippen LogP contribution in [0.2, 0.25) is 128 Å². The number of allylic oxidation sites excluding steroid dienone is 10. The summed E-state index contributed by atoms with van der Waals surface area (Å²) in [5.41, 5.74) is 14.3. The van der Waals surface area contributed by atoms with Crippen molar-refractivity contribution >= 4 is 141 Å². The second-order valence-electron chi connectivity index (χ2n) is 31.7. The van der Waals surface area contributed by atoms with E-state index < -0.39 is 75.1 Å². The van der Waals surface area contributed by atoms with Crippen molar-refractivity contribution < 1.29 is 44.2 Å². The van der Waals surface area contributed by atoms with Gasteiger partial charge in [-0.05, 0) is 256 Å². The third-order valence-electron chi connectivity index (χ3n) is 19.3. The average molecular weight is 1590 g/mol. The molecule has 0 aromatic heterocycles. The van der Waals surface area contributed by atoms with E-state index >= 15 is 0 Å². The quantitative estimate of drug-likeness (QED) is 0.0131. The van der Waals surface area contributed by atoms with E-state index in [-0.39, 0.29) is 26.3 Å². The Labute approximate surface area is 642 Å². The number of thiol groups is 3. The maximum Gasteiger partial charge on any atom is 1.00 e. The van der Waals surface area contributed by atoms with Crippen LogP contribution in [0.3, 0.4) is 0 Å². The van der Waals surface area contributed by atoms with Gasteiger partial charge in [-0.25, -0.2) is 0 Å². The molecule has 7 aliphatic rings. The van der Waals surface area contributed by atoms with Gasteiger partial charge in [0.1, 0.15) is 2.25 Å². The molecule has 8 nitrogen and oxygen atoms in total. The number of halogens is 1. The molecule has 4 N–H and O–H groups in total. The summed E-state index contributed by atoms with van der Waals surface area (Å²) in [5, 5.41) is 0. The molecule has 14 atom stereocenters.